The largest absolute Gasteiger partial charge is 0.363 e. The number of hydrogen-bond acceptors (Lipinski definition) is 3. The van der Waals surface area contributed by atoms with Gasteiger partial charge >= 0.3 is 0 Å². The van der Waals surface area contributed by atoms with Gasteiger partial charge in [0.05, 0.1) is 0 Å². The van der Waals surface area contributed by atoms with Crippen LogP contribution in [0.25, 0.3) is 11.3 Å². The number of rotatable bonds is 1. The Hall–Kier alpha value is -2.08. The molecular formula is C14H14N2O. The van der Waals surface area contributed by atoms with Crippen LogP contribution in [0, 0.1) is 11.3 Å². The van der Waals surface area contributed by atoms with E-state index in [0.29, 0.717) is 11.3 Å². The molecule has 2 aromatic rings. The minimum Gasteiger partial charge on any atom is -0.363 e. The first kappa shape index (κ1) is 11.4. The third-order valence-corrected chi connectivity index (χ3v) is 2.71. The summed E-state index contributed by atoms with van der Waals surface area (Å²) in [6.07, 6.45) is 1.37. The van der Waals surface area contributed by atoms with E-state index in [2.05, 4.69) is 44.1 Å². The molecule has 0 aliphatic carbocycles. The van der Waals surface area contributed by atoms with Gasteiger partial charge in [0.2, 0.25) is 0 Å². The summed E-state index contributed by atoms with van der Waals surface area (Å²) in [4.78, 5) is 0. The number of aromatic nitrogens is 1. The SMILES string of the molecule is CC(C)(C)c1ccc(-c2nocc2C#N)cc1. The van der Waals surface area contributed by atoms with E-state index >= 15 is 0 Å². The lowest BCUT2D eigenvalue weighted by molar-refractivity contribution is 0.422. The summed E-state index contributed by atoms with van der Waals surface area (Å²) < 4.78 is 4.82. The van der Waals surface area contributed by atoms with Crippen molar-refractivity contribution in [1.29, 1.82) is 5.26 Å². The molecule has 3 heteroatoms. The molecule has 0 unspecified atom stereocenters. The van der Waals surface area contributed by atoms with Gasteiger partial charge in [-0.05, 0) is 11.0 Å². The predicted octanol–water partition coefficient (Wildman–Crippen LogP) is 3.51. The van der Waals surface area contributed by atoms with Gasteiger partial charge in [-0.1, -0.05) is 50.2 Å². The molecule has 86 valence electrons. The second-order valence-electron chi connectivity index (χ2n) is 5.02. The Morgan fingerprint density at radius 3 is 2.35 bits per heavy atom. The van der Waals surface area contributed by atoms with Gasteiger partial charge in [-0.15, -0.1) is 0 Å². The summed E-state index contributed by atoms with van der Waals surface area (Å²) in [6.45, 7) is 6.50. The molecule has 0 aliphatic rings. The van der Waals surface area contributed by atoms with Crippen LogP contribution in [0.1, 0.15) is 31.9 Å². The van der Waals surface area contributed by atoms with E-state index in [1.54, 1.807) is 0 Å². The molecule has 3 nitrogen and oxygen atoms in total. The fourth-order valence-electron chi connectivity index (χ4n) is 1.65. The average molecular weight is 226 g/mol. The lowest BCUT2D eigenvalue weighted by Gasteiger charge is -2.18. The first-order chi connectivity index (χ1) is 8.02. The predicted molar refractivity (Wildman–Crippen MR) is 65.4 cm³/mol. The van der Waals surface area contributed by atoms with Crippen LogP contribution in [0.5, 0.6) is 0 Å². The molecule has 0 N–H and O–H groups in total. The summed E-state index contributed by atoms with van der Waals surface area (Å²) in [5.74, 6) is 0. The maximum Gasteiger partial charge on any atom is 0.142 e. The number of nitrogens with zero attached hydrogens (tertiary/aromatic N) is 2. The van der Waals surface area contributed by atoms with Crippen LogP contribution >= 0.6 is 0 Å². The number of nitriles is 1. The summed E-state index contributed by atoms with van der Waals surface area (Å²) >= 11 is 0. The van der Waals surface area contributed by atoms with Gasteiger partial charge in [0, 0.05) is 5.56 Å². The van der Waals surface area contributed by atoms with E-state index in [-0.39, 0.29) is 5.41 Å². The fourth-order valence-corrected chi connectivity index (χ4v) is 1.65. The van der Waals surface area contributed by atoms with E-state index in [4.69, 9.17) is 9.78 Å². The van der Waals surface area contributed by atoms with Crippen molar-refractivity contribution < 1.29 is 4.52 Å². The van der Waals surface area contributed by atoms with Crippen molar-refractivity contribution in [2.45, 2.75) is 26.2 Å². The van der Waals surface area contributed by atoms with E-state index in [9.17, 15) is 0 Å². The van der Waals surface area contributed by atoms with E-state index < -0.39 is 0 Å². The first-order valence-electron chi connectivity index (χ1n) is 5.48. The first-order valence-corrected chi connectivity index (χ1v) is 5.48. The van der Waals surface area contributed by atoms with Crippen molar-refractivity contribution in [1.82, 2.24) is 5.16 Å². The van der Waals surface area contributed by atoms with Crippen molar-refractivity contribution in [3.63, 3.8) is 0 Å². The van der Waals surface area contributed by atoms with Crippen LogP contribution < -0.4 is 0 Å². The highest BCUT2D eigenvalue weighted by Crippen LogP contribution is 2.26. The van der Waals surface area contributed by atoms with Gasteiger partial charge in [0.1, 0.15) is 23.6 Å². The molecule has 0 bridgehead atoms. The molecular weight excluding hydrogens is 212 g/mol. The fraction of sp³-hybridized carbons (Fsp3) is 0.286. The Morgan fingerprint density at radius 2 is 1.82 bits per heavy atom. The molecule has 1 aromatic heterocycles. The third kappa shape index (κ3) is 2.21. The molecule has 17 heavy (non-hydrogen) atoms. The number of hydrogen-bond donors (Lipinski definition) is 0. The highest BCUT2D eigenvalue weighted by molar-refractivity contribution is 5.65. The smallest absolute Gasteiger partial charge is 0.142 e. The Kier molecular flexibility index (Phi) is 2.72. The lowest BCUT2D eigenvalue weighted by atomic mass is 9.86. The molecule has 0 saturated heterocycles. The van der Waals surface area contributed by atoms with E-state index in [1.807, 2.05) is 12.1 Å². The lowest BCUT2D eigenvalue weighted by Crippen LogP contribution is -2.10. The van der Waals surface area contributed by atoms with Crippen LogP contribution in [0.2, 0.25) is 0 Å². The zero-order chi connectivity index (χ0) is 12.5. The minimum atomic E-state index is 0.125. The zero-order valence-corrected chi connectivity index (χ0v) is 10.2. The third-order valence-electron chi connectivity index (χ3n) is 2.71. The van der Waals surface area contributed by atoms with E-state index in [0.717, 1.165) is 5.56 Å². The van der Waals surface area contributed by atoms with Crippen molar-refractivity contribution >= 4 is 0 Å². The van der Waals surface area contributed by atoms with Crippen LogP contribution in [-0.2, 0) is 5.41 Å². The number of benzene rings is 1. The molecule has 0 spiro atoms. The Morgan fingerprint density at radius 1 is 1.18 bits per heavy atom. The van der Waals surface area contributed by atoms with Gasteiger partial charge in [-0.25, -0.2) is 0 Å². The van der Waals surface area contributed by atoms with Crippen LogP contribution in [-0.4, -0.2) is 5.16 Å². The van der Waals surface area contributed by atoms with Gasteiger partial charge in [-0.3, -0.25) is 0 Å². The molecule has 0 radical (unpaired) electrons. The standard InChI is InChI=1S/C14H14N2O/c1-14(2,3)12-6-4-10(5-7-12)13-11(8-15)9-17-16-13/h4-7,9H,1-3H3. The average Bonchev–Trinajstić information content (AvgIpc) is 2.76. The van der Waals surface area contributed by atoms with Crippen LogP contribution in [0.15, 0.2) is 35.1 Å². The van der Waals surface area contributed by atoms with Gasteiger partial charge in [0.15, 0.2) is 0 Å². The van der Waals surface area contributed by atoms with Crippen LogP contribution in [0.4, 0.5) is 0 Å². The maximum atomic E-state index is 8.90. The molecule has 2 rings (SSSR count). The molecule has 0 fully saturated rings. The summed E-state index contributed by atoms with van der Waals surface area (Å²) in [5.41, 5.74) is 3.36. The maximum absolute atomic E-state index is 8.90. The monoisotopic (exact) mass is 226 g/mol. The normalized spacial score (nSPS) is 11.2. The molecule has 1 aromatic carbocycles. The summed E-state index contributed by atoms with van der Waals surface area (Å²) in [7, 11) is 0. The highest BCUT2D eigenvalue weighted by Gasteiger charge is 2.14. The molecule has 0 atom stereocenters. The van der Waals surface area contributed by atoms with Crippen molar-refractivity contribution in [2.75, 3.05) is 0 Å². The second kappa shape index (κ2) is 4.06. The summed E-state index contributed by atoms with van der Waals surface area (Å²) in [5, 5.41) is 12.8. The van der Waals surface area contributed by atoms with Gasteiger partial charge in [-0.2, -0.15) is 5.26 Å². The Labute approximate surface area is 101 Å². The minimum absolute atomic E-state index is 0.125. The van der Waals surface area contributed by atoms with Gasteiger partial charge in [0.25, 0.3) is 0 Å². The molecule has 0 saturated carbocycles. The van der Waals surface area contributed by atoms with Crippen LogP contribution in [0.3, 0.4) is 0 Å². The van der Waals surface area contributed by atoms with E-state index in [1.165, 1.54) is 11.8 Å². The van der Waals surface area contributed by atoms with Crippen molar-refractivity contribution in [3.05, 3.63) is 41.7 Å². The molecule has 0 aliphatic heterocycles. The molecule has 1 heterocycles. The quantitative estimate of drug-likeness (QED) is 0.747. The highest BCUT2D eigenvalue weighted by atomic mass is 16.5. The molecule has 0 amide bonds. The summed E-state index contributed by atoms with van der Waals surface area (Å²) in [6, 6.07) is 10.1. The van der Waals surface area contributed by atoms with Crippen molar-refractivity contribution in [3.8, 4) is 17.3 Å². The Bertz CT molecular complexity index is 553. The van der Waals surface area contributed by atoms with Crippen molar-refractivity contribution in [2.24, 2.45) is 0 Å². The van der Waals surface area contributed by atoms with Gasteiger partial charge < -0.3 is 4.52 Å². The Balaban J connectivity index is 2.40. The zero-order valence-electron chi connectivity index (χ0n) is 10.2. The topological polar surface area (TPSA) is 49.8 Å². The second-order valence-corrected chi connectivity index (χ2v) is 5.02.